The van der Waals surface area contributed by atoms with Crippen molar-refractivity contribution in [2.75, 3.05) is 19.0 Å². The number of hydrogen-bond donors (Lipinski definition) is 2. The third kappa shape index (κ3) is 4.49. The van der Waals surface area contributed by atoms with Crippen molar-refractivity contribution in [3.8, 4) is 0 Å². The van der Waals surface area contributed by atoms with Gasteiger partial charge >= 0.3 is 12.0 Å². The van der Waals surface area contributed by atoms with Crippen molar-refractivity contribution in [1.82, 2.24) is 10.2 Å². The Labute approximate surface area is 163 Å². The summed E-state index contributed by atoms with van der Waals surface area (Å²) in [4.78, 5) is 38.1. The highest BCUT2D eigenvalue weighted by atomic mass is 16.5. The number of nitrogens with one attached hydrogen (secondary N) is 2. The first-order valence-corrected chi connectivity index (χ1v) is 9.08. The highest BCUT2D eigenvalue weighted by Gasteiger charge is 2.33. The molecule has 3 amide bonds. The van der Waals surface area contributed by atoms with Crippen LogP contribution in [0.1, 0.15) is 35.3 Å². The molecular formula is C21H23N3O4. The van der Waals surface area contributed by atoms with E-state index < -0.39 is 12.0 Å². The maximum absolute atomic E-state index is 12.4. The second-order valence-electron chi connectivity index (χ2n) is 6.70. The van der Waals surface area contributed by atoms with Crippen molar-refractivity contribution >= 4 is 23.6 Å². The lowest BCUT2D eigenvalue weighted by atomic mass is 10.1. The van der Waals surface area contributed by atoms with Gasteiger partial charge in [-0.05, 0) is 30.7 Å². The zero-order valence-corrected chi connectivity index (χ0v) is 15.8. The van der Waals surface area contributed by atoms with Crippen LogP contribution in [0.5, 0.6) is 0 Å². The summed E-state index contributed by atoms with van der Waals surface area (Å²) in [7, 11) is 1.30. The van der Waals surface area contributed by atoms with Crippen molar-refractivity contribution in [3.05, 3.63) is 65.7 Å². The highest BCUT2D eigenvalue weighted by molar-refractivity contribution is 5.94. The summed E-state index contributed by atoms with van der Waals surface area (Å²) in [6.45, 7) is 2.43. The number of esters is 1. The molecule has 1 aliphatic heterocycles. The van der Waals surface area contributed by atoms with Gasteiger partial charge in [-0.2, -0.15) is 0 Å². The molecule has 1 fully saturated rings. The normalized spacial score (nSPS) is 17.1. The number of carbonyl (C=O) groups excluding carboxylic acids is 3. The fraction of sp³-hybridized carbons (Fsp3) is 0.286. The van der Waals surface area contributed by atoms with Crippen LogP contribution in [0.25, 0.3) is 0 Å². The Hall–Kier alpha value is -3.35. The van der Waals surface area contributed by atoms with E-state index in [-0.39, 0.29) is 24.4 Å². The predicted octanol–water partition coefficient (Wildman–Crippen LogP) is 2.96. The number of nitrogens with zero attached hydrogens (tertiary/aromatic N) is 1. The largest absolute Gasteiger partial charge is 0.465 e. The van der Waals surface area contributed by atoms with Crippen LogP contribution in [0.3, 0.4) is 0 Å². The van der Waals surface area contributed by atoms with E-state index in [9.17, 15) is 14.4 Å². The van der Waals surface area contributed by atoms with Gasteiger partial charge in [0.1, 0.15) is 0 Å². The first-order chi connectivity index (χ1) is 13.5. The number of hydrogen-bond acceptors (Lipinski definition) is 4. The Morgan fingerprint density at radius 1 is 1.14 bits per heavy atom. The Morgan fingerprint density at radius 2 is 1.89 bits per heavy atom. The molecule has 2 unspecified atom stereocenters. The molecule has 1 saturated heterocycles. The first-order valence-electron chi connectivity index (χ1n) is 9.08. The molecule has 2 aromatic rings. The van der Waals surface area contributed by atoms with Crippen LogP contribution in [0, 0.1) is 0 Å². The molecule has 3 rings (SSSR count). The number of likely N-dealkylation sites (tertiary alicyclic amines) is 1. The summed E-state index contributed by atoms with van der Waals surface area (Å²) < 4.78 is 4.68. The van der Waals surface area contributed by atoms with Gasteiger partial charge < -0.3 is 20.3 Å². The number of rotatable bonds is 5. The minimum Gasteiger partial charge on any atom is -0.465 e. The summed E-state index contributed by atoms with van der Waals surface area (Å²) in [5, 5.41) is 5.52. The average Bonchev–Trinajstić information content (AvgIpc) is 3.07. The SMILES string of the molecule is COC(=O)c1cccc(NC(=O)NC2CC(=O)N(C(C)c3ccccc3)C2)c1. The van der Waals surface area contributed by atoms with Gasteiger partial charge in [0.2, 0.25) is 5.91 Å². The number of methoxy groups -OCH3 is 1. The molecular weight excluding hydrogens is 358 g/mol. The Kier molecular flexibility index (Phi) is 5.93. The molecule has 1 aliphatic rings. The molecule has 1 heterocycles. The van der Waals surface area contributed by atoms with Gasteiger partial charge in [0.15, 0.2) is 0 Å². The third-order valence-corrected chi connectivity index (χ3v) is 4.78. The van der Waals surface area contributed by atoms with Crippen molar-refractivity contribution < 1.29 is 19.1 Å². The summed E-state index contributed by atoms with van der Waals surface area (Å²) in [6.07, 6.45) is 0.257. The molecule has 0 spiro atoms. The van der Waals surface area contributed by atoms with E-state index >= 15 is 0 Å². The molecule has 7 nitrogen and oxygen atoms in total. The topological polar surface area (TPSA) is 87.7 Å². The standard InChI is InChI=1S/C21H23N3O4/c1-14(15-7-4-3-5-8-15)24-13-18(12-19(24)25)23-21(27)22-17-10-6-9-16(11-17)20(26)28-2/h3-11,14,18H,12-13H2,1-2H3,(H2,22,23,27). The quantitative estimate of drug-likeness (QED) is 0.780. The van der Waals surface area contributed by atoms with Gasteiger partial charge in [0.05, 0.1) is 24.8 Å². The molecule has 146 valence electrons. The fourth-order valence-electron chi connectivity index (χ4n) is 3.31. The second-order valence-corrected chi connectivity index (χ2v) is 6.70. The van der Waals surface area contributed by atoms with E-state index in [4.69, 9.17) is 0 Å². The molecule has 28 heavy (non-hydrogen) atoms. The van der Waals surface area contributed by atoms with E-state index in [2.05, 4.69) is 15.4 Å². The number of amides is 3. The molecule has 0 saturated carbocycles. The fourth-order valence-corrected chi connectivity index (χ4v) is 3.31. The van der Waals surface area contributed by atoms with Crippen LogP contribution in [-0.2, 0) is 9.53 Å². The van der Waals surface area contributed by atoms with Crippen molar-refractivity contribution in [1.29, 1.82) is 0 Å². The Balaban J connectivity index is 1.58. The van der Waals surface area contributed by atoms with Gasteiger partial charge in [0.25, 0.3) is 0 Å². The molecule has 0 radical (unpaired) electrons. The Bertz CT molecular complexity index is 869. The minimum absolute atomic E-state index is 0.00865. The maximum atomic E-state index is 12.4. The second kappa shape index (κ2) is 8.56. The number of anilines is 1. The highest BCUT2D eigenvalue weighted by Crippen LogP contribution is 2.25. The number of carbonyl (C=O) groups is 3. The van der Waals surface area contributed by atoms with E-state index in [1.54, 1.807) is 23.1 Å². The predicted molar refractivity (Wildman–Crippen MR) is 105 cm³/mol. The van der Waals surface area contributed by atoms with E-state index in [1.807, 2.05) is 37.3 Å². The smallest absolute Gasteiger partial charge is 0.337 e. The summed E-state index contributed by atoms with van der Waals surface area (Å²) in [5.41, 5.74) is 1.87. The van der Waals surface area contributed by atoms with Gasteiger partial charge in [-0.25, -0.2) is 9.59 Å². The van der Waals surface area contributed by atoms with Crippen LogP contribution in [0.4, 0.5) is 10.5 Å². The lowest BCUT2D eigenvalue weighted by Gasteiger charge is -2.25. The summed E-state index contributed by atoms with van der Waals surface area (Å²) in [6, 6.07) is 15.5. The van der Waals surface area contributed by atoms with Gasteiger partial charge in [0, 0.05) is 18.7 Å². The average molecular weight is 381 g/mol. The van der Waals surface area contributed by atoms with Crippen LogP contribution < -0.4 is 10.6 Å². The zero-order valence-electron chi connectivity index (χ0n) is 15.8. The number of ether oxygens (including phenoxy) is 1. The molecule has 0 aliphatic carbocycles. The van der Waals surface area contributed by atoms with Gasteiger partial charge in [-0.15, -0.1) is 0 Å². The zero-order chi connectivity index (χ0) is 20.1. The maximum Gasteiger partial charge on any atom is 0.337 e. The Morgan fingerprint density at radius 3 is 2.61 bits per heavy atom. The monoisotopic (exact) mass is 381 g/mol. The lowest BCUT2D eigenvalue weighted by molar-refractivity contribution is -0.129. The summed E-state index contributed by atoms with van der Waals surface area (Å²) >= 11 is 0. The molecule has 0 bridgehead atoms. The van der Waals surface area contributed by atoms with Gasteiger partial charge in [-0.1, -0.05) is 36.4 Å². The van der Waals surface area contributed by atoms with Crippen molar-refractivity contribution in [3.63, 3.8) is 0 Å². The van der Waals surface area contributed by atoms with E-state index in [1.165, 1.54) is 13.2 Å². The van der Waals surface area contributed by atoms with Crippen molar-refractivity contribution in [2.45, 2.75) is 25.4 Å². The molecule has 2 aromatic carbocycles. The molecule has 2 N–H and O–H groups in total. The van der Waals surface area contributed by atoms with Crippen LogP contribution in [0.2, 0.25) is 0 Å². The number of urea groups is 1. The molecule has 7 heteroatoms. The van der Waals surface area contributed by atoms with E-state index in [0.717, 1.165) is 5.56 Å². The lowest BCUT2D eigenvalue weighted by Crippen LogP contribution is -2.40. The van der Waals surface area contributed by atoms with Crippen LogP contribution in [-0.4, -0.2) is 42.5 Å². The summed E-state index contributed by atoms with van der Waals surface area (Å²) in [5.74, 6) is -0.467. The van der Waals surface area contributed by atoms with Gasteiger partial charge in [-0.3, -0.25) is 4.79 Å². The third-order valence-electron chi connectivity index (χ3n) is 4.78. The van der Waals surface area contributed by atoms with Crippen LogP contribution >= 0.6 is 0 Å². The van der Waals surface area contributed by atoms with E-state index in [0.29, 0.717) is 17.8 Å². The first kappa shape index (κ1) is 19.4. The minimum atomic E-state index is -0.476. The molecule has 2 atom stereocenters. The van der Waals surface area contributed by atoms with Crippen molar-refractivity contribution in [2.24, 2.45) is 0 Å². The number of benzene rings is 2. The van der Waals surface area contributed by atoms with Crippen LogP contribution in [0.15, 0.2) is 54.6 Å². The molecule has 0 aromatic heterocycles.